The van der Waals surface area contributed by atoms with E-state index in [0.717, 1.165) is 10.9 Å². The first kappa shape index (κ1) is 9.78. The van der Waals surface area contributed by atoms with Crippen molar-refractivity contribution in [3.63, 3.8) is 0 Å². The Balaban J connectivity index is 2.66. The van der Waals surface area contributed by atoms with Gasteiger partial charge in [-0.2, -0.15) is 0 Å². The second kappa shape index (κ2) is 3.77. The van der Waals surface area contributed by atoms with Gasteiger partial charge in [0.25, 0.3) is 0 Å². The number of aryl methyl sites for hydroxylation is 2. The molecule has 0 radical (unpaired) electrons. The molecule has 2 aromatic rings. The first-order valence-electron chi connectivity index (χ1n) is 4.99. The lowest BCUT2D eigenvalue weighted by atomic mass is 10.1. The molecule has 0 saturated carbocycles. The molecule has 0 bridgehead atoms. The van der Waals surface area contributed by atoms with E-state index in [1.165, 1.54) is 28.6 Å². The Morgan fingerprint density at radius 1 is 1.36 bits per heavy atom. The van der Waals surface area contributed by atoms with Gasteiger partial charge in [0.1, 0.15) is 0 Å². The van der Waals surface area contributed by atoms with E-state index in [1.54, 1.807) is 0 Å². The zero-order valence-electron chi connectivity index (χ0n) is 8.52. The summed E-state index contributed by atoms with van der Waals surface area (Å²) in [7, 11) is 0. The van der Waals surface area contributed by atoms with Gasteiger partial charge in [-0.05, 0) is 37.1 Å². The van der Waals surface area contributed by atoms with Crippen molar-refractivity contribution in [3.8, 4) is 0 Å². The highest BCUT2D eigenvalue weighted by Crippen LogP contribution is 2.26. The molecule has 2 rings (SSSR count). The molecule has 0 amide bonds. The largest absolute Gasteiger partial charge is 0.358 e. The molecule has 0 aliphatic carbocycles. The highest BCUT2D eigenvalue weighted by atomic mass is 79.9. The van der Waals surface area contributed by atoms with Crippen LogP contribution in [0.25, 0.3) is 10.9 Å². The maximum atomic E-state index is 3.51. The van der Waals surface area contributed by atoms with Crippen molar-refractivity contribution in [1.29, 1.82) is 0 Å². The fourth-order valence-corrected chi connectivity index (χ4v) is 2.29. The van der Waals surface area contributed by atoms with Crippen LogP contribution in [0.2, 0.25) is 0 Å². The van der Waals surface area contributed by atoms with E-state index in [9.17, 15) is 0 Å². The molecule has 1 aromatic carbocycles. The van der Waals surface area contributed by atoms with E-state index in [0.29, 0.717) is 0 Å². The highest BCUT2D eigenvalue weighted by Gasteiger charge is 2.07. The number of aromatic amines is 1. The number of aromatic nitrogens is 1. The predicted molar refractivity (Wildman–Crippen MR) is 64.7 cm³/mol. The first-order valence-corrected chi connectivity index (χ1v) is 5.78. The summed E-state index contributed by atoms with van der Waals surface area (Å²) in [5, 5.41) is 1.36. The van der Waals surface area contributed by atoms with Crippen LogP contribution in [0.5, 0.6) is 0 Å². The molecule has 0 saturated heterocycles. The third-order valence-electron chi connectivity index (χ3n) is 2.58. The molecular weight excluding hydrogens is 238 g/mol. The molecule has 1 heterocycles. The predicted octanol–water partition coefficient (Wildman–Crippen LogP) is 4.19. The molecule has 1 nitrogen and oxygen atoms in total. The molecule has 2 heteroatoms. The average molecular weight is 252 g/mol. The second-order valence-corrected chi connectivity index (χ2v) is 4.58. The molecule has 0 aliphatic heterocycles. The summed E-state index contributed by atoms with van der Waals surface area (Å²) in [6.45, 7) is 4.37. The number of hydrogen-bond acceptors (Lipinski definition) is 0. The van der Waals surface area contributed by atoms with Crippen molar-refractivity contribution < 1.29 is 0 Å². The van der Waals surface area contributed by atoms with Gasteiger partial charge in [-0.3, -0.25) is 0 Å². The SMILES string of the molecule is CCCc1c(C)[nH]c2ccc(Br)cc12. The van der Waals surface area contributed by atoms with E-state index >= 15 is 0 Å². The van der Waals surface area contributed by atoms with Crippen LogP contribution in [0.4, 0.5) is 0 Å². The van der Waals surface area contributed by atoms with Gasteiger partial charge in [0, 0.05) is 21.1 Å². The summed E-state index contributed by atoms with van der Waals surface area (Å²) in [4.78, 5) is 3.42. The lowest BCUT2D eigenvalue weighted by Gasteiger charge is -1.98. The summed E-state index contributed by atoms with van der Waals surface area (Å²) in [5.41, 5.74) is 4.01. The minimum absolute atomic E-state index is 1.15. The molecule has 1 aromatic heterocycles. The quantitative estimate of drug-likeness (QED) is 0.824. The minimum Gasteiger partial charge on any atom is -0.358 e. The molecule has 0 atom stereocenters. The van der Waals surface area contributed by atoms with Gasteiger partial charge in [-0.15, -0.1) is 0 Å². The van der Waals surface area contributed by atoms with Crippen molar-refractivity contribution in [3.05, 3.63) is 33.9 Å². The molecule has 14 heavy (non-hydrogen) atoms. The maximum Gasteiger partial charge on any atom is 0.0459 e. The first-order chi connectivity index (χ1) is 6.72. The van der Waals surface area contributed by atoms with Crippen LogP contribution >= 0.6 is 15.9 Å². The lowest BCUT2D eigenvalue weighted by Crippen LogP contribution is -1.83. The van der Waals surface area contributed by atoms with Crippen molar-refractivity contribution in [1.82, 2.24) is 4.98 Å². The minimum atomic E-state index is 1.15. The second-order valence-electron chi connectivity index (χ2n) is 3.67. The third kappa shape index (κ3) is 1.59. The Kier molecular flexibility index (Phi) is 2.64. The fourth-order valence-electron chi connectivity index (χ4n) is 1.93. The Morgan fingerprint density at radius 3 is 2.86 bits per heavy atom. The van der Waals surface area contributed by atoms with Crippen LogP contribution in [0, 0.1) is 6.92 Å². The standard InChI is InChI=1S/C12H14BrN/c1-3-4-10-8(2)14-12-6-5-9(13)7-11(10)12/h5-7,14H,3-4H2,1-2H3. The van der Waals surface area contributed by atoms with Crippen LogP contribution in [0.1, 0.15) is 24.6 Å². The Morgan fingerprint density at radius 2 is 2.14 bits per heavy atom. The third-order valence-corrected chi connectivity index (χ3v) is 3.07. The van der Waals surface area contributed by atoms with Crippen molar-refractivity contribution in [2.45, 2.75) is 26.7 Å². The topological polar surface area (TPSA) is 15.8 Å². The lowest BCUT2D eigenvalue weighted by molar-refractivity contribution is 0.918. The van der Waals surface area contributed by atoms with Crippen LogP contribution in [0.3, 0.4) is 0 Å². The monoisotopic (exact) mass is 251 g/mol. The molecular formula is C12H14BrN. The molecule has 1 N–H and O–H groups in total. The van der Waals surface area contributed by atoms with Gasteiger partial charge in [-0.25, -0.2) is 0 Å². The molecule has 0 fully saturated rings. The summed E-state index contributed by atoms with van der Waals surface area (Å²) >= 11 is 3.51. The van der Waals surface area contributed by atoms with Gasteiger partial charge in [0.15, 0.2) is 0 Å². The molecule has 0 unspecified atom stereocenters. The molecule has 74 valence electrons. The van der Waals surface area contributed by atoms with Crippen LogP contribution < -0.4 is 0 Å². The Hall–Kier alpha value is -0.760. The van der Waals surface area contributed by atoms with E-state index in [4.69, 9.17) is 0 Å². The van der Waals surface area contributed by atoms with E-state index in [2.05, 4.69) is 53.0 Å². The summed E-state index contributed by atoms with van der Waals surface area (Å²) in [6.07, 6.45) is 2.35. The van der Waals surface area contributed by atoms with Gasteiger partial charge in [0.05, 0.1) is 0 Å². The van der Waals surface area contributed by atoms with E-state index in [1.807, 2.05) is 0 Å². The number of rotatable bonds is 2. The normalized spacial score (nSPS) is 11.1. The zero-order chi connectivity index (χ0) is 10.1. The number of benzene rings is 1. The number of halogens is 1. The summed E-state index contributed by atoms with van der Waals surface area (Å²) in [6, 6.07) is 6.41. The smallest absolute Gasteiger partial charge is 0.0459 e. The number of nitrogens with one attached hydrogen (secondary N) is 1. The van der Waals surface area contributed by atoms with Gasteiger partial charge >= 0.3 is 0 Å². The zero-order valence-corrected chi connectivity index (χ0v) is 10.1. The van der Waals surface area contributed by atoms with Crippen molar-refractivity contribution in [2.24, 2.45) is 0 Å². The summed E-state index contributed by atoms with van der Waals surface area (Å²) in [5.74, 6) is 0. The van der Waals surface area contributed by atoms with Crippen LogP contribution in [-0.2, 0) is 6.42 Å². The Bertz CT molecular complexity index is 457. The van der Waals surface area contributed by atoms with Gasteiger partial charge in [0.2, 0.25) is 0 Å². The summed E-state index contributed by atoms with van der Waals surface area (Å²) < 4.78 is 1.15. The van der Waals surface area contributed by atoms with Crippen molar-refractivity contribution in [2.75, 3.05) is 0 Å². The fraction of sp³-hybridized carbons (Fsp3) is 0.333. The molecule has 0 spiro atoms. The Labute approximate surface area is 92.6 Å². The maximum absolute atomic E-state index is 3.51. The van der Waals surface area contributed by atoms with Crippen LogP contribution in [0.15, 0.2) is 22.7 Å². The average Bonchev–Trinajstić information content (AvgIpc) is 2.45. The number of hydrogen-bond donors (Lipinski definition) is 1. The van der Waals surface area contributed by atoms with Gasteiger partial charge < -0.3 is 4.98 Å². The van der Waals surface area contributed by atoms with Crippen molar-refractivity contribution >= 4 is 26.8 Å². The van der Waals surface area contributed by atoms with Crippen LogP contribution in [-0.4, -0.2) is 4.98 Å². The number of fused-ring (bicyclic) bond motifs is 1. The van der Waals surface area contributed by atoms with E-state index in [-0.39, 0.29) is 0 Å². The van der Waals surface area contributed by atoms with E-state index < -0.39 is 0 Å². The highest BCUT2D eigenvalue weighted by molar-refractivity contribution is 9.10. The molecule has 0 aliphatic rings. The number of H-pyrrole nitrogens is 1. The van der Waals surface area contributed by atoms with Gasteiger partial charge in [-0.1, -0.05) is 29.3 Å².